The number of thiophene rings is 1. The number of aryl methyl sites for hydroxylation is 1. The van der Waals surface area contributed by atoms with Crippen molar-refractivity contribution in [1.29, 1.82) is 0 Å². The molecule has 8 heteroatoms. The molecule has 0 spiro atoms. The first-order chi connectivity index (χ1) is 9.34. The summed E-state index contributed by atoms with van der Waals surface area (Å²) in [6, 6.07) is 1.95. The zero-order valence-corrected chi connectivity index (χ0v) is 10.8. The molecule has 3 rings (SSSR count). The zero-order valence-electron chi connectivity index (χ0n) is 10.0. The molecular weight excluding hydrogens is 291 g/mol. The van der Waals surface area contributed by atoms with Gasteiger partial charge in [0.25, 0.3) is 0 Å². The Bertz CT molecular complexity index is 839. The Hall–Kier alpha value is -2.09. The molecule has 0 aromatic carbocycles. The number of pyridine rings is 1. The topological polar surface area (TPSA) is 54.7 Å². The zero-order chi connectivity index (χ0) is 14.5. The van der Waals surface area contributed by atoms with E-state index >= 15 is 0 Å². The number of nitrogens with zero attached hydrogens (tertiary/aromatic N) is 3. The fourth-order valence-electron chi connectivity index (χ4n) is 1.88. The highest BCUT2D eigenvalue weighted by atomic mass is 32.1. The summed E-state index contributed by atoms with van der Waals surface area (Å²) in [6.07, 6.45) is -4.36. The molecule has 4 nitrogen and oxygen atoms in total. The predicted octanol–water partition coefficient (Wildman–Crippen LogP) is 2.51. The minimum atomic E-state index is -4.36. The van der Waals surface area contributed by atoms with E-state index < -0.39 is 17.1 Å². The van der Waals surface area contributed by atoms with Crippen LogP contribution in [-0.4, -0.2) is 11.0 Å². The summed E-state index contributed by atoms with van der Waals surface area (Å²) in [5.41, 5.74) is 1.64. The Kier molecular flexibility index (Phi) is 2.72. The largest absolute Gasteiger partial charge is 0.425 e. The highest BCUT2D eigenvalue weighted by Gasteiger charge is 2.32. The highest BCUT2D eigenvalue weighted by Crippen LogP contribution is 2.37. The summed E-state index contributed by atoms with van der Waals surface area (Å²) in [6.45, 7) is 1.65. The second-order valence-electron chi connectivity index (χ2n) is 4.17. The number of fused-ring (bicyclic) bond motifs is 1. The molecule has 0 fully saturated rings. The minimum Gasteiger partial charge on any atom is -0.244 e. The maximum Gasteiger partial charge on any atom is 0.425 e. The lowest BCUT2D eigenvalue weighted by atomic mass is 10.1. The average molecular weight is 297 g/mol. The smallest absolute Gasteiger partial charge is 0.244 e. The van der Waals surface area contributed by atoms with Crippen LogP contribution in [0, 0.1) is 6.92 Å². The Labute approximate surface area is 114 Å². The molecule has 0 aliphatic carbocycles. The minimum absolute atomic E-state index is 0.211. The van der Waals surface area contributed by atoms with Crippen molar-refractivity contribution >= 4 is 17.4 Å². The van der Waals surface area contributed by atoms with Gasteiger partial charge in [-0.1, -0.05) is 0 Å². The van der Waals surface area contributed by atoms with Crippen molar-refractivity contribution in [3.63, 3.8) is 0 Å². The van der Waals surface area contributed by atoms with Crippen molar-refractivity contribution in [1.82, 2.24) is 4.98 Å². The van der Waals surface area contributed by atoms with E-state index in [1.807, 2.05) is 0 Å². The third-order valence-corrected chi connectivity index (χ3v) is 3.76. The molecule has 0 atom stereocenters. The monoisotopic (exact) mass is 297 g/mol. The van der Waals surface area contributed by atoms with Gasteiger partial charge in [-0.15, -0.1) is 11.3 Å². The molecule has 2 aromatic heterocycles. The fraction of sp³-hybridized carbons (Fsp3) is 0.167. The first-order valence-corrected chi connectivity index (χ1v) is 6.38. The molecule has 102 valence electrons. The van der Waals surface area contributed by atoms with Gasteiger partial charge in [-0.3, -0.25) is 0 Å². The molecule has 0 unspecified atom stereocenters. The molecule has 0 bridgehead atoms. The summed E-state index contributed by atoms with van der Waals surface area (Å²) in [7, 11) is 0. The SMILES string of the molecule is Cc1nc2c(cc1-c1csc(C(F)(F)F)c1)=NC(=O)N=2. The molecule has 2 amide bonds. The van der Waals surface area contributed by atoms with Crippen LogP contribution in [0.1, 0.15) is 10.6 Å². The van der Waals surface area contributed by atoms with Crippen LogP contribution in [0.25, 0.3) is 11.1 Å². The van der Waals surface area contributed by atoms with Crippen LogP contribution in [0.4, 0.5) is 18.0 Å². The molecule has 1 aliphatic heterocycles. The van der Waals surface area contributed by atoms with Gasteiger partial charge in [-0.05, 0) is 30.0 Å². The van der Waals surface area contributed by atoms with E-state index in [0.29, 0.717) is 28.2 Å². The van der Waals surface area contributed by atoms with E-state index in [-0.39, 0.29) is 10.8 Å². The molecule has 2 aromatic rings. The number of hydrogen-bond acceptors (Lipinski definition) is 3. The summed E-state index contributed by atoms with van der Waals surface area (Å²) in [4.78, 5) is 21.7. The number of amides is 2. The average Bonchev–Trinajstić information content (AvgIpc) is 2.92. The lowest BCUT2D eigenvalue weighted by molar-refractivity contribution is -0.134. The number of urea groups is 1. The second kappa shape index (κ2) is 4.20. The summed E-state index contributed by atoms with van der Waals surface area (Å²) in [5.74, 6) is 0. The maximum atomic E-state index is 12.6. The normalized spacial score (nSPS) is 13.9. The van der Waals surface area contributed by atoms with Crippen molar-refractivity contribution < 1.29 is 18.0 Å². The van der Waals surface area contributed by atoms with Gasteiger partial charge in [0.05, 0.1) is 0 Å². The third-order valence-electron chi connectivity index (χ3n) is 2.78. The Morgan fingerprint density at radius 2 is 1.95 bits per heavy atom. The third kappa shape index (κ3) is 2.11. The van der Waals surface area contributed by atoms with Gasteiger partial charge in [-0.25, -0.2) is 9.78 Å². The summed E-state index contributed by atoms with van der Waals surface area (Å²) in [5, 5.41) is 1.70. The van der Waals surface area contributed by atoms with Gasteiger partial charge < -0.3 is 0 Å². The molecule has 0 saturated heterocycles. The molecule has 0 saturated carbocycles. The van der Waals surface area contributed by atoms with Gasteiger partial charge in [0.1, 0.15) is 10.2 Å². The van der Waals surface area contributed by atoms with E-state index in [0.717, 1.165) is 6.07 Å². The number of halogens is 3. The summed E-state index contributed by atoms with van der Waals surface area (Å²) >= 11 is 0.620. The molecule has 1 aliphatic rings. The number of alkyl halides is 3. The van der Waals surface area contributed by atoms with Gasteiger partial charge in [0, 0.05) is 11.3 Å². The molecular formula is C12H6F3N3OS. The van der Waals surface area contributed by atoms with Crippen LogP contribution < -0.4 is 10.8 Å². The molecule has 0 N–H and O–H groups in total. The standard InChI is InChI=1S/C12H6F3N3OS/c1-5-7(3-8-10(16-5)18-11(19)17-8)6-2-9(20-4-6)12(13,14)15/h2-4H,1H3. The van der Waals surface area contributed by atoms with Crippen molar-refractivity contribution in [3.05, 3.63) is 38.9 Å². The Morgan fingerprint density at radius 1 is 1.20 bits per heavy atom. The lowest BCUT2D eigenvalue weighted by Crippen LogP contribution is -2.26. The van der Waals surface area contributed by atoms with Gasteiger partial charge in [-0.2, -0.15) is 23.2 Å². The quantitative estimate of drug-likeness (QED) is 0.812. The van der Waals surface area contributed by atoms with Gasteiger partial charge >= 0.3 is 12.2 Å². The lowest BCUT2D eigenvalue weighted by Gasteiger charge is -2.02. The number of aromatic nitrogens is 1. The second-order valence-corrected chi connectivity index (χ2v) is 5.08. The van der Waals surface area contributed by atoms with Gasteiger partial charge in [0.2, 0.25) is 0 Å². The first-order valence-electron chi connectivity index (χ1n) is 5.50. The van der Waals surface area contributed by atoms with E-state index in [1.165, 1.54) is 11.4 Å². The van der Waals surface area contributed by atoms with Crippen molar-refractivity contribution in [2.45, 2.75) is 13.1 Å². The first kappa shape index (κ1) is 12.9. The predicted molar refractivity (Wildman–Crippen MR) is 65.0 cm³/mol. The van der Waals surface area contributed by atoms with E-state index in [1.54, 1.807) is 6.92 Å². The Morgan fingerprint density at radius 3 is 2.60 bits per heavy atom. The summed E-state index contributed by atoms with van der Waals surface area (Å²) < 4.78 is 37.8. The van der Waals surface area contributed by atoms with Crippen LogP contribution in [0.5, 0.6) is 0 Å². The Balaban J connectivity index is 2.15. The van der Waals surface area contributed by atoms with E-state index in [2.05, 4.69) is 15.0 Å². The van der Waals surface area contributed by atoms with Crippen LogP contribution in [0.2, 0.25) is 0 Å². The fourth-order valence-corrected chi connectivity index (χ4v) is 2.66. The number of carbonyl (C=O) groups is 1. The van der Waals surface area contributed by atoms with Crippen molar-refractivity contribution in [2.75, 3.05) is 0 Å². The van der Waals surface area contributed by atoms with Crippen molar-refractivity contribution in [3.8, 4) is 11.1 Å². The van der Waals surface area contributed by atoms with Gasteiger partial charge in [0.15, 0.2) is 5.49 Å². The van der Waals surface area contributed by atoms with Crippen LogP contribution in [0.3, 0.4) is 0 Å². The van der Waals surface area contributed by atoms with Crippen LogP contribution in [-0.2, 0) is 6.18 Å². The highest BCUT2D eigenvalue weighted by molar-refractivity contribution is 7.10. The molecule has 0 radical (unpaired) electrons. The van der Waals surface area contributed by atoms with E-state index in [4.69, 9.17) is 0 Å². The number of carbonyl (C=O) groups excluding carboxylic acids is 1. The van der Waals surface area contributed by atoms with Crippen LogP contribution in [0.15, 0.2) is 27.5 Å². The molecule has 20 heavy (non-hydrogen) atoms. The van der Waals surface area contributed by atoms with Crippen LogP contribution >= 0.6 is 11.3 Å². The maximum absolute atomic E-state index is 12.6. The molecule has 3 heterocycles. The van der Waals surface area contributed by atoms with E-state index in [9.17, 15) is 18.0 Å². The van der Waals surface area contributed by atoms with Crippen molar-refractivity contribution in [2.24, 2.45) is 9.98 Å². The number of hydrogen-bond donors (Lipinski definition) is 0. The number of rotatable bonds is 1.